The van der Waals surface area contributed by atoms with Gasteiger partial charge in [0.15, 0.2) is 0 Å². The Morgan fingerprint density at radius 2 is 2.16 bits per heavy atom. The highest BCUT2D eigenvalue weighted by molar-refractivity contribution is 5.92. The fourth-order valence-corrected chi connectivity index (χ4v) is 2.66. The summed E-state index contributed by atoms with van der Waals surface area (Å²) in [5.74, 6) is 1.17. The second-order valence-electron chi connectivity index (χ2n) is 5.78. The number of hydrogen-bond donors (Lipinski definition) is 1. The van der Waals surface area contributed by atoms with Crippen molar-refractivity contribution in [3.63, 3.8) is 0 Å². The quantitative estimate of drug-likeness (QED) is 0.917. The van der Waals surface area contributed by atoms with E-state index in [-0.39, 0.29) is 0 Å². The van der Waals surface area contributed by atoms with Gasteiger partial charge < -0.3 is 9.67 Å². The lowest BCUT2D eigenvalue weighted by molar-refractivity contribution is 0.0697. The van der Waals surface area contributed by atoms with Crippen molar-refractivity contribution in [2.75, 3.05) is 0 Å². The Kier molecular flexibility index (Phi) is 2.62. The van der Waals surface area contributed by atoms with Crippen molar-refractivity contribution in [1.29, 1.82) is 0 Å². The molecule has 2 unspecified atom stereocenters. The number of aromatic nitrogens is 2. The van der Waals surface area contributed by atoms with Gasteiger partial charge in [0.25, 0.3) is 0 Å². The minimum absolute atomic E-state index is 0.331. The first kappa shape index (κ1) is 12.2. The van der Waals surface area contributed by atoms with E-state index in [4.69, 9.17) is 5.11 Å². The van der Waals surface area contributed by atoms with Crippen molar-refractivity contribution in [2.24, 2.45) is 5.92 Å². The number of carboxylic acid groups (broad SMARTS) is 1. The molecule has 1 saturated carbocycles. The van der Waals surface area contributed by atoms with Gasteiger partial charge in [0, 0.05) is 12.0 Å². The summed E-state index contributed by atoms with van der Waals surface area (Å²) in [6, 6.07) is 5.67. The van der Waals surface area contributed by atoms with E-state index >= 15 is 0 Å². The maximum Gasteiger partial charge on any atom is 0.335 e. The Morgan fingerprint density at radius 3 is 2.68 bits per heavy atom. The van der Waals surface area contributed by atoms with E-state index in [2.05, 4.69) is 30.3 Å². The van der Waals surface area contributed by atoms with Gasteiger partial charge in [-0.25, -0.2) is 9.78 Å². The Hall–Kier alpha value is -1.84. The average molecular weight is 258 g/mol. The van der Waals surface area contributed by atoms with Crippen LogP contribution in [0.25, 0.3) is 11.0 Å². The number of nitrogens with zero attached hydrogens (tertiary/aromatic N) is 2. The molecule has 1 N–H and O–H groups in total. The molecule has 1 aromatic heterocycles. The van der Waals surface area contributed by atoms with E-state index in [1.54, 1.807) is 12.1 Å². The molecule has 0 radical (unpaired) electrons. The number of benzene rings is 1. The molecule has 1 heterocycles. The standard InChI is InChI=1S/C15H18N2O2/c1-8(2)14-16-11-5-4-10(15(18)19)7-13(11)17(14)12-6-9(12)3/h4-5,7-9,12H,6H2,1-3H3,(H,18,19). The normalized spacial score (nSPS) is 22.1. The number of rotatable bonds is 3. The zero-order valence-corrected chi connectivity index (χ0v) is 11.4. The highest BCUT2D eigenvalue weighted by Gasteiger charge is 2.37. The van der Waals surface area contributed by atoms with Crippen molar-refractivity contribution in [2.45, 2.75) is 39.2 Å². The van der Waals surface area contributed by atoms with E-state index in [1.165, 1.54) is 0 Å². The van der Waals surface area contributed by atoms with Crippen molar-refractivity contribution >= 4 is 17.0 Å². The summed E-state index contributed by atoms with van der Waals surface area (Å²) in [7, 11) is 0. The summed E-state index contributed by atoms with van der Waals surface area (Å²) in [5, 5.41) is 9.13. The molecular weight excluding hydrogens is 240 g/mol. The van der Waals surface area contributed by atoms with Crippen molar-refractivity contribution in [3.05, 3.63) is 29.6 Å². The van der Waals surface area contributed by atoms with E-state index in [1.807, 2.05) is 6.07 Å². The number of aromatic carboxylic acids is 1. The van der Waals surface area contributed by atoms with Crippen LogP contribution in [0.4, 0.5) is 0 Å². The van der Waals surface area contributed by atoms with E-state index in [9.17, 15) is 4.79 Å². The molecule has 1 fully saturated rings. The minimum Gasteiger partial charge on any atom is -0.478 e. The number of fused-ring (bicyclic) bond motifs is 1. The molecule has 4 heteroatoms. The SMILES string of the molecule is CC(C)c1nc2ccc(C(=O)O)cc2n1C1CC1C. The molecule has 2 aromatic rings. The molecule has 0 amide bonds. The van der Waals surface area contributed by atoms with Gasteiger partial charge in [-0.1, -0.05) is 20.8 Å². The van der Waals surface area contributed by atoms with Crippen LogP contribution < -0.4 is 0 Å². The molecule has 0 bridgehead atoms. The predicted molar refractivity (Wildman–Crippen MR) is 73.6 cm³/mol. The average Bonchev–Trinajstić information content (AvgIpc) is 2.94. The molecule has 100 valence electrons. The summed E-state index contributed by atoms with van der Waals surface area (Å²) in [5.41, 5.74) is 2.18. The third kappa shape index (κ3) is 1.91. The molecule has 1 aliphatic carbocycles. The van der Waals surface area contributed by atoms with Gasteiger partial charge >= 0.3 is 5.97 Å². The number of imidazole rings is 1. The van der Waals surface area contributed by atoms with E-state index in [0.29, 0.717) is 23.4 Å². The van der Waals surface area contributed by atoms with Gasteiger partial charge in [-0.3, -0.25) is 0 Å². The van der Waals surface area contributed by atoms with Gasteiger partial charge in [-0.05, 0) is 30.5 Å². The van der Waals surface area contributed by atoms with Crippen molar-refractivity contribution < 1.29 is 9.90 Å². The van der Waals surface area contributed by atoms with Crippen LogP contribution in [-0.2, 0) is 0 Å². The van der Waals surface area contributed by atoms with Gasteiger partial charge in [-0.15, -0.1) is 0 Å². The third-order valence-corrected chi connectivity index (χ3v) is 3.88. The second-order valence-corrected chi connectivity index (χ2v) is 5.78. The first-order chi connectivity index (χ1) is 8.99. The van der Waals surface area contributed by atoms with Gasteiger partial charge in [0.05, 0.1) is 16.6 Å². The van der Waals surface area contributed by atoms with Crippen LogP contribution in [0, 0.1) is 5.92 Å². The highest BCUT2D eigenvalue weighted by atomic mass is 16.4. The molecular formula is C15H18N2O2. The number of carbonyl (C=O) groups is 1. The summed E-state index contributed by atoms with van der Waals surface area (Å²) in [6.07, 6.45) is 1.16. The molecule has 3 rings (SSSR count). The lowest BCUT2D eigenvalue weighted by Gasteiger charge is -2.10. The van der Waals surface area contributed by atoms with Gasteiger partial charge in [0.2, 0.25) is 0 Å². The minimum atomic E-state index is -0.885. The Balaban J connectivity index is 2.24. The van der Waals surface area contributed by atoms with Crippen LogP contribution in [0.15, 0.2) is 18.2 Å². The number of hydrogen-bond acceptors (Lipinski definition) is 2. The molecule has 2 atom stereocenters. The first-order valence-corrected chi connectivity index (χ1v) is 6.74. The van der Waals surface area contributed by atoms with E-state index < -0.39 is 5.97 Å². The van der Waals surface area contributed by atoms with Crippen molar-refractivity contribution in [1.82, 2.24) is 9.55 Å². The molecule has 1 aliphatic rings. The summed E-state index contributed by atoms with van der Waals surface area (Å²) in [6.45, 7) is 6.48. The number of carboxylic acids is 1. The zero-order chi connectivity index (χ0) is 13.7. The molecule has 0 saturated heterocycles. The predicted octanol–water partition coefficient (Wildman–Crippen LogP) is 3.44. The Morgan fingerprint density at radius 1 is 1.47 bits per heavy atom. The van der Waals surface area contributed by atoms with Crippen LogP contribution in [0.5, 0.6) is 0 Å². The zero-order valence-electron chi connectivity index (χ0n) is 11.4. The largest absolute Gasteiger partial charge is 0.478 e. The van der Waals surface area contributed by atoms with Crippen LogP contribution in [0.1, 0.15) is 55.3 Å². The van der Waals surface area contributed by atoms with Gasteiger partial charge in [0.1, 0.15) is 5.82 Å². The molecule has 19 heavy (non-hydrogen) atoms. The molecule has 0 aliphatic heterocycles. The molecule has 4 nitrogen and oxygen atoms in total. The first-order valence-electron chi connectivity index (χ1n) is 6.74. The van der Waals surface area contributed by atoms with Crippen molar-refractivity contribution in [3.8, 4) is 0 Å². The topological polar surface area (TPSA) is 55.1 Å². The third-order valence-electron chi connectivity index (χ3n) is 3.88. The van der Waals surface area contributed by atoms with Gasteiger partial charge in [-0.2, -0.15) is 0 Å². The summed E-state index contributed by atoms with van der Waals surface area (Å²) < 4.78 is 2.25. The Bertz CT molecular complexity index is 657. The maximum absolute atomic E-state index is 11.1. The lowest BCUT2D eigenvalue weighted by Crippen LogP contribution is -2.05. The maximum atomic E-state index is 11.1. The second kappa shape index (κ2) is 4.08. The molecule has 0 spiro atoms. The Labute approximate surface area is 112 Å². The monoisotopic (exact) mass is 258 g/mol. The van der Waals surface area contributed by atoms with Crippen LogP contribution in [0.3, 0.4) is 0 Å². The summed E-state index contributed by atoms with van der Waals surface area (Å²) in [4.78, 5) is 15.8. The van der Waals surface area contributed by atoms with Crippen LogP contribution >= 0.6 is 0 Å². The fraction of sp³-hybridized carbons (Fsp3) is 0.467. The van der Waals surface area contributed by atoms with Crippen LogP contribution in [0.2, 0.25) is 0 Å². The highest BCUT2D eigenvalue weighted by Crippen LogP contribution is 2.46. The molecule has 1 aromatic carbocycles. The van der Waals surface area contributed by atoms with Crippen LogP contribution in [-0.4, -0.2) is 20.6 Å². The fourth-order valence-electron chi connectivity index (χ4n) is 2.66. The lowest BCUT2D eigenvalue weighted by atomic mass is 10.2. The summed E-state index contributed by atoms with van der Waals surface area (Å²) >= 11 is 0. The smallest absolute Gasteiger partial charge is 0.335 e. The van der Waals surface area contributed by atoms with E-state index in [0.717, 1.165) is 23.3 Å².